The van der Waals surface area contributed by atoms with Crippen molar-refractivity contribution >= 4 is 17.2 Å². The van der Waals surface area contributed by atoms with Gasteiger partial charge in [-0.05, 0) is 13.8 Å². The average Bonchev–Trinajstić information content (AvgIpc) is 3.04. The molecule has 3 heterocycles. The Morgan fingerprint density at radius 2 is 2.40 bits per heavy atom. The lowest BCUT2D eigenvalue weighted by atomic mass is 10.1. The number of aryl methyl sites for hydroxylation is 1. The molecular weight excluding hydrogens is 274 g/mol. The predicted octanol–water partition coefficient (Wildman–Crippen LogP) is 1.31. The second kappa shape index (κ2) is 5.34. The van der Waals surface area contributed by atoms with Gasteiger partial charge in [0.05, 0.1) is 6.04 Å². The number of nitrogens with zero attached hydrogens (tertiary/aromatic N) is 2. The first-order chi connectivity index (χ1) is 9.65. The van der Waals surface area contributed by atoms with Gasteiger partial charge in [0.1, 0.15) is 5.01 Å². The van der Waals surface area contributed by atoms with Gasteiger partial charge in [-0.15, -0.1) is 11.3 Å². The van der Waals surface area contributed by atoms with E-state index in [0.29, 0.717) is 12.2 Å². The monoisotopic (exact) mass is 291 g/mol. The second-order valence-corrected chi connectivity index (χ2v) is 6.23. The number of fused-ring (bicyclic) bond motifs is 1. The normalized spacial score (nSPS) is 15.7. The molecular formula is C13H17N5OS. The van der Waals surface area contributed by atoms with Gasteiger partial charge in [-0.25, -0.2) is 4.98 Å². The van der Waals surface area contributed by atoms with E-state index in [-0.39, 0.29) is 11.9 Å². The number of thiazole rings is 1. The molecule has 0 spiro atoms. The molecule has 6 nitrogen and oxygen atoms in total. The summed E-state index contributed by atoms with van der Waals surface area (Å²) in [6, 6.07) is -0.106. The molecule has 106 valence electrons. The first kappa shape index (κ1) is 13.3. The van der Waals surface area contributed by atoms with Crippen LogP contribution in [0.4, 0.5) is 0 Å². The van der Waals surface area contributed by atoms with Crippen LogP contribution in [-0.4, -0.2) is 27.6 Å². The van der Waals surface area contributed by atoms with Gasteiger partial charge in [-0.2, -0.15) is 5.10 Å². The highest BCUT2D eigenvalue weighted by atomic mass is 32.1. The van der Waals surface area contributed by atoms with Gasteiger partial charge in [0.15, 0.2) is 5.69 Å². The summed E-state index contributed by atoms with van der Waals surface area (Å²) in [4.78, 5) is 17.8. The third kappa shape index (κ3) is 2.46. The molecule has 0 aliphatic carbocycles. The molecule has 3 rings (SSSR count). The predicted molar refractivity (Wildman–Crippen MR) is 76.7 cm³/mol. The fraction of sp³-hybridized carbons (Fsp3) is 0.462. The van der Waals surface area contributed by atoms with Crippen LogP contribution in [-0.2, 0) is 13.0 Å². The van der Waals surface area contributed by atoms with E-state index in [1.165, 1.54) is 0 Å². The van der Waals surface area contributed by atoms with Crippen LogP contribution in [0.1, 0.15) is 44.6 Å². The Balaban J connectivity index is 1.75. The smallest absolute Gasteiger partial charge is 0.272 e. The molecule has 7 heteroatoms. The minimum Gasteiger partial charge on any atom is -0.342 e. The Kier molecular flexibility index (Phi) is 3.54. The van der Waals surface area contributed by atoms with Crippen LogP contribution >= 0.6 is 11.3 Å². The topological polar surface area (TPSA) is 82.7 Å². The van der Waals surface area contributed by atoms with E-state index in [1.54, 1.807) is 11.3 Å². The molecule has 0 bridgehead atoms. The summed E-state index contributed by atoms with van der Waals surface area (Å²) in [5.41, 5.74) is 2.54. The zero-order valence-electron chi connectivity index (χ0n) is 11.5. The average molecular weight is 291 g/mol. The fourth-order valence-corrected chi connectivity index (χ4v) is 3.09. The number of rotatable bonds is 3. The van der Waals surface area contributed by atoms with E-state index in [9.17, 15) is 4.79 Å². The van der Waals surface area contributed by atoms with Gasteiger partial charge in [-0.3, -0.25) is 9.89 Å². The fourth-order valence-electron chi connectivity index (χ4n) is 2.31. The summed E-state index contributed by atoms with van der Waals surface area (Å²) >= 11 is 1.60. The molecule has 0 aromatic carbocycles. The number of amides is 1. The van der Waals surface area contributed by atoms with Gasteiger partial charge < -0.3 is 10.6 Å². The molecule has 1 atom stereocenters. The van der Waals surface area contributed by atoms with E-state index < -0.39 is 0 Å². The largest absolute Gasteiger partial charge is 0.342 e. The van der Waals surface area contributed by atoms with E-state index in [2.05, 4.69) is 25.8 Å². The van der Waals surface area contributed by atoms with Crippen LogP contribution in [0.25, 0.3) is 0 Å². The van der Waals surface area contributed by atoms with Crippen LogP contribution in [0.5, 0.6) is 0 Å². The second-order valence-electron chi connectivity index (χ2n) is 4.96. The van der Waals surface area contributed by atoms with Crippen LogP contribution in [0.3, 0.4) is 0 Å². The van der Waals surface area contributed by atoms with Gasteiger partial charge >= 0.3 is 0 Å². The Labute approximate surface area is 121 Å². The highest BCUT2D eigenvalue weighted by molar-refractivity contribution is 7.11. The summed E-state index contributed by atoms with van der Waals surface area (Å²) in [6.07, 6.45) is 2.71. The van der Waals surface area contributed by atoms with Crippen molar-refractivity contribution in [2.45, 2.75) is 32.9 Å². The molecule has 3 N–H and O–H groups in total. The third-order valence-electron chi connectivity index (χ3n) is 3.38. The number of hydrogen-bond acceptors (Lipinski definition) is 5. The minimum absolute atomic E-state index is 0.106. The SMILES string of the molecule is Cc1cnc(C(C)NC(=O)c2n[nH]c3c2CNCC3)s1. The van der Waals surface area contributed by atoms with Crippen LogP contribution in [0, 0.1) is 6.92 Å². The molecule has 1 aliphatic heterocycles. The highest BCUT2D eigenvalue weighted by Crippen LogP contribution is 2.20. The molecule has 2 aromatic heterocycles. The number of H-pyrrole nitrogens is 1. The summed E-state index contributed by atoms with van der Waals surface area (Å²) < 4.78 is 0. The molecule has 0 saturated heterocycles. The summed E-state index contributed by atoms with van der Waals surface area (Å²) in [6.45, 7) is 5.56. The summed E-state index contributed by atoms with van der Waals surface area (Å²) in [5.74, 6) is -0.147. The van der Waals surface area contributed by atoms with Crippen molar-refractivity contribution < 1.29 is 4.79 Å². The quantitative estimate of drug-likeness (QED) is 0.796. The molecule has 1 aliphatic rings. The van der Waals surface area contributed by atoms with Gasteiger partial charge in [0.25, 0.3) is 5.91 Å². The molecule has 0 fully saturated rings. The van der Waals surface area contributed by atoms with E-state index >= 15 is 0 Å². The lowest BCUT2D eigenvalue weighted by Gasteiger charge is -2.14. The zero-order chi connectivity index (χ0) is 14.1. The minimum atomic E-state index is -0.147. The molecule has 0 radical (unpaired) electrons. The Hall–Kier alpha value is -1.73. The van der Waals surface area contributed by atoms with E-state index in [0.717, 1.165) is 34.1 Å². The van der Waals surface area contributed by atoms with Gasteiger partial charge in [-0.1, -0.05) is 0 Å². The zero-order valence-corrected chi connectivity index (χ0v) is 12.3. The van der Waals surface area contributed by atoms with Crippen molar-refractivity contribution in [2.24, 2.45) is 0 Å². The van der Waals surface area contributed by atoms with Gasteiger partial charge in [0, 0.05) is 41.8 Å². The number of nitrogens with one attached hydrogen (secondary N) is 3. The number of carbonyl (C=O) groups is 1. The number of hydrogen-bond donors (Lipinski definition) is 3. The lowest BCUT2D eigenvalue weighted by Crippen LogP contribution is -2.30. The third-order valence-corrected chi connectivity index (χ3v) is 4.47. The number of aromatic amines is 1. The van der Waals surface area contributed by atoms with Crippen molar-refractivity contribution in [3.63, 3.8) is 0 Å². The first-order valence-corrected chi connectivity index (χ1v) is 7.47. The van der Waals surface area contributed by atoms with Crippen LogP contribution in [0.15, 0.2) is 6.20 Å². The van der Waals surface area contributed by atoms with Crippen molar-refractivity contribution in [2.75, 3.05) is 6.54 Å². The molecule has 1 unspecified atom stereocenters. The lowest BCUT2D eigenvalue weighted by molar-refractivity contribution is 0.0933. The molecule has 2 aromatic rings. The van der Waals surface area contributed by atoms with Crippen LogP contribution < -0.4 is 10.6 Å². The van der Waals surface area contributed by atoms with Crippen molar-refractivity contribution in [1.82, 2.24) is 25.8 Å². The molecule has 0 saturated carbocycles. The van der Waals surface area contributed by atoms with Crippen molar-refractivity contribution in [1.29, 1.82) is 0 Å². The van der Waals surface area contributed by atoms with Crippen LogP contribution in [0.2, 0.25) is 0 Å². The van der Waals surface area contributed by atoms with Crippen molar-refractivity contribution in [3.05, 3.63) is 33.0 Å². The van der Waals surface area contributed by atoms with E-state index in [1.807, 2.05) is 20.0 Å². The number of aromatic nitrogens is 3. The maximum absolute atomic E-state index is 12.3. The summed E-state index contributed by atoms with van der Waals surface area (Å²) in [5, 5.41) is 14.3. The summed E-state index contributed by atoms with van der Waals surface area (Å²) in [7, 11) is 0. The maximum Gasteiger partial charge on any atom is 0.272 e. The highest BCUT2D eigenvalue weighted by Gasteiger charge is 2.23. The maximum atomic E-state index is 12.3. The van der Waals surface area contributed by atoms with Crippen molar-refractivity contribution in [3.8, 4) is 0 Å². The Morgan fingerprint density at radius 1 is 1.55 bits per heavy atom. The number of carbonyl (C=O) groups excluding carboxylic acids is 1. The molecule has 1 amide bonds. The Morgan fingerprint density at radius 3 is 3.15 bits per heavy atom. The van der Waals surface area contributed by atoms with E-state index in [4.69, 9.17) is 0 Å². The van der Waals surface area contributed by atoms with Gasteiger partial charge in [0.2, 0.25) is 0 Å². The standard InChI is InChI=1S/C13H17N5OS/c1-7-5-15-13(20-7)8(2)16-12(19)11-9-6-14-4-3-10(9)17-18-11/h5,8,14H,3-4,6H2,1-2H3,(H,16,19)(H,17,18). The Bertz CT molecular complexity index is 632. The molecule has 20 heavy (non-hydrogen) atoms. The first-order valence-electron chi connectivity index (χ1n) is 6.65.